The highest BCUT2D eigenvalue weighted by Gasteiger charge is 2.18. The fourth-order valence-electron chi connectivity index (χ4n) is 2.06. The lowest BCUT2D eigenvalue weighted by Crippen LogP contribution is -2.27. The quantitative estimate of drug-likeness (QED) is 0.436. The average molecular weight is 411 g/mol. The lowest BCUT2D eigenvalue weighted by molar-refractivity contribution is -0.301. The number of benzene rings is 1. The van der Waals surface area contributed by atoms with Crippen molar-refractivity contribution in [3.8, 4) is 0 Å². The third-order valence-corrected chi connectivity index (χ3v) is 3.92. The van der Waals surface area contributed by atoms with E-state index in [4.69, 9.17) is 33.0 Å². The molecule has 0 aliphatic rings. The van der Waals surface area contributed by atoms with Crippen LogP contribution in [0.3, 0.4) is 0 Å². The molecule has 27 heavy (non-hydrogen) atoms. The van der Waals surface area contributed by atoms with Gasteiger partial charge in [0.2, 0.25) is 0 Å². The number of nitrogens with one attached hydrogen (secondary N) is 1. The van der Waals surface area contributed by atoms with E-state index in [1.54, 1.807) is 52.0 Å². The fraction of sp³-hybridized carbons (Fsp3) is 0.316. The molecule has 1 aromatic heterocycles. The molecule has 1 aromatic carbocycles. The van der Waals surface area contributed by atoms with Crippen molar-refractivity contribution >= 4 is 35.1 Å². The van der Waals surface area contributed by atoms with E-state index < -0.39 is 17.5 Å². The Hall–Kier alpha value is -2.15. The van der Waals surface area contributed by atoms with Gasteiger partial charge in [-0.05, 0) is 51.5 Å². The molecular weight excluding hydrogens is 391 g/mol. The highest BCUT2D eigenvalue weighted by molar-refractivity contribution is 6.34. The molecule has 0 spiro atoms. The summed E-state index contributed by atoms with van der Waals surface area (Å²) in [7, 11) is 0. The van der Waals surface area contributed by atoms with Crippen molar-refractivity contribution < 1.29 is 19.4 Å². The van der Waals surface area contributed by atoms with Crippen LogP contribution in [0.2, 0.25) is 10.2 Å². The second-order valence-electron chi connectivity index (χ2n) is 6.88. The van der Waals surface area contributed by atoms with Gasteiger partial charge in [0.15, 0.2) is 0 Å². The molecule has 8 heteroatoms. The van der Waals surface area contributed by atoms with Crippen LogP contribution < -0.4 is 5.32 Å². The van der Waals surface area contributed by atoms with Crippen LogP contribution in [-0.4, -0.2) is 22.5 Å². The largest absolute Gasteiger partial charge is 0.373 e. The predicted octanol–water partition coefficient (Wildman–Crippen LogP) is 4.77. The number of aromatic nitrogens is 1. The molecule has 1 atom stereocenters. The summed E-state index contributed by atoms with van der Waals surface area (Å²) in [5, 5.41) is 3.20. The minimum atomic E-state index is -0.593. The van der Waals surface area contributed by atoms with Gasteiger partial charge in [-0.2, -0.15) is 4.89 Å². The summed E-state index contributed by atoms with van der Waals surface area (Å²) in [5.41, 5.74) is 0.729. The van der Waals surface area contributed by atoms with E-state index in [-0.39, 0.29) is 16.8 Å². The maximum atomic E-state index is 12.4. The summed E-state index contributed by atoms with van der Waals surface area (Å²) in [5.74, 6) is -0.991. The van der Waals surface area contributed by atoms with Crippen molar-refractivity contribution in [3.63, 3.8) is 0 Å². The van der Waals surface area contributed by atoms with E-state index in [2.05, 4.69) is 10.3 Å². The summed E-state index contributed by atoms with van der Waals surface area (Å²) in [6.07, 6.45) is 1.37. The van der Waals surface area contributed by atoms with Gasteiger partial charge in [-0.25, -0.2) is 9.78 Å². The van der Waals surface area contributed by atoms with Crippen molar-refractivity contribution in [1.82, 2.24) is 10.3 Å². The van der Waals surface area contributed by atoms with Gasteiger partial charge in [0.1, 0.15) is 10.8 Å². The van der Waals surface area contributed by atoms with Crippen LogP contribution >= 0.6 is 23.2 Å². The average Bonchev–Trinajstić information content (AvgIpc) is 2.61. The van der Waals surface area contributed by atoms with Crippen LogP contribution in [0, 0.1) is 0 Å². The minimum Gasteiger partial charge on any atom is -0.345 e. The molecule has 2 rings (SSSR count). The molecule has 0 unspecified atom stereocenters. The van der Waals surface area contributed by atoms with E-state index in [1.807, 2.05) is 0 Å². The number of halogens is 2. The molecule has 0 radical (unpaired) electrons. The number of nitrogens with zero attached hydrogens (tertiary/aromatic N) is 1. The van der Waals surface area contributed by atoms with Gasteiger partial charge in [0, 0.05) is 6.20 Å². The molecule has 0 aliphatic carbocycles. The maximum Gasteiger partial charge on any atom is 0.373 e. The first kappa shape index (κ1) is 21.2. The van der Waals surface area contributed by atoms with E-state index in [1.165, 1.54) is 12.3 Å². The Bertz CT molecular complexity index is 833. The highest BCUT2D eigenvalue weighted by atomic mass is 35.5. The molecule has 1 heterocycles. The second-order valence-corrected chi connectivity index (χ2v) is 7.67. The van der Waals surface area contributed by atoms with Gasteiger partial charge in [0.05, 0.1) is 22.2 Å². The molecular formula is C19H20Cl2N2O4. The fourth-order valence-corrected chi connectivity index (χ4v) is 2.41. The van der Waals surface area contributed by atoms with E-state index in [0.29, 0.717) is 10.6 Å². The van der Waals surface area contributed by atoms with Crippen molar-refractivity contribution in [2.75, 3.05) is 0 Å². The van der Waals surface area contributed by atoms with Crippen LogP contribution in [0.25, 0.3) is 0 Å². The Morgan fingerprint density at radius 3 is 2.37 bits per heavy atom. The topological polar surface area (TPSA) is 77.5 Å². The van der Waals surface area contributed by atoms with Crippen LogP contribution in [0.1, 0.15) is 60.0 Å². The number of hydrogen-bond acceptors (Lipinski definition) is 5. The van der Waals surface area contributed by atoms with Gasteiger partial charge >= 0.3 is 5.97 Å². The predicted molar refractivity (Wildman–Crippen MR) is 103 cm³/mol. The van der Waals surface area contributed by atoms with Crippen molar-refractivity contribution in [1.29, 1.82) is 0 Å². The SMILES string of the molecule is C[C@H](NC(=O)c1cc(Cl)cnc1Cl)c1ccc(C(=O)OOC(C)(C)C)cc1. The Morgan fingerprint density at radius 1 is 1.15 bits per heavy atom. The van der Waals surface area contributed by atoms with Crippen molar-refractivity contribution in [3.05, 3.63) is 63.4 Å². The van der Waals surface area contributed by atoms with Crippen LogP contribution in [-0.2, 0) is 9.78 Å². The smallest absolute Gasteiger partial charge is 0.345 e. The summed E-state index contributed by atoms with van der Waals surface area (Å²) >= 11 is 11.8. The van der Waals surface area contributed by atoms with Gasteiger partial charge in [-0.15, -0.1) is 0 Å². The molecule has 1 amide bonds. The van der Waals surface area contributed by atoms with Crippen LogP contribution in [0.5, 0.6) is 0 Å². The number of hydrogen-bond donors (Lipinski definition) is 1. The van der Waals surface area contributed by atoms with Crippen LogP contribution in [0.4, 0.5) is 0 Å². The minimum absolute atomic E-state index is 0.0704. The summed E-state index contributed by atoms with van der Waals surface area (Å²) in [6, 6.07) is 7.75. The molecule has 0 fully saturated rings. The van der Waals surface area contributed by atoms with E-state index in [9.17, 15) is 9.59 Å². The molecule has 0 bridgehead atoms. The first-order valence-electron chi connectivity index (χ1n) is 8.19. The molecule has 0 aliphatic heterocycles. The summed E-state index contributed by atoms with van der Waals surface area (Å²) in [6.45, 7) is 7.13. The van der Waals surface area contributed by atoms with Gasteiger partial charge in [-0.3, -0.25) is 9.68 Å². The Balaban J connectivity index is 2.03. The van der Waals surface area contributed by atoms with Gasteiger partial charge < -0.3 is 5.32 Å². The molecule has 0 saturated carbocycles. The zero-order valence-electron chi connectivity index (χ0n) is 15.4. The van der Waals surface area contributed by atoms with Crippen molar-refractivity contribution in [2.24, 2.45) is 0 Å². The third-order valence-electron chi connectivity index (χ3n) is 3.41. The van der Waals surface area contributed by atoms with Crippen molar-refractivity contribution in [2.45, 2.75) is 39.3 Å². The highest BCUT2D eigenvalue weighted by Crippen LogP contribution is 2.20. The second kappa shape index (κ2) is 8.69. The number of pyridine rings is 1. The third kappa shape index (κ3) is 6.20. The Morgan fingerprint density at radius 2 is 1.78 bits per heavy atom. The first-order chi connectivity index (χ1) is 12.6. The Labute approximate surface area is 167 Å². The molecule has 6 nitrogen and oxygen atoms in total. The van der Waals surface area contributed by atoms with E-state index in [0.717, 1.165) is 5.56 Å². The van der Waals surface area contributed by atoms with Gasteiger partial charge in [0.25, 0.3) is 5.91 Å². The maximum absolute atomic E-state index is 12.4. The number of rotatable bonds is 5. The number of carbonyl (C=O) groups excluding carboxylic acids is 2. The number of carbonyl (C=O) groups is 2. The molecule has 0 saturated heterocycles. The van der Waals surface area contributed by atoms with E-state index >= 15 is 0 Å². The van der Waals surface area contributed by atoms with Gasteiger partial charge in [-0.1, -0.05) is 35.3 Å². The van der Waals surface area contributed by atoms with Crippen LogP contribution in [0.15, 0.2) is 36.5 Å². The lowest BCUT2D eigenvalue weighted by Gasteiger charge is -2.17. The standard InChI is InChI=1S/C19H20Cl2N2O4/c1-11(23-17(24)15-9-14(20)10-22-16(15)21)12-5-7-13(8-6-12)18(25)26-27-19(2,3)4/h5-11H,1-4H3,(H,23,24)/t11-/m0/s1. The first-order valence-corrected chi connectivity index (χ1v) is 8.94. The lowest BCUT2D eigenvalue weighted by atomic mass is 10.1. The molecule has 2 aromatic rings. The Kier molecular flexibility index (Phi) is 6.81. The zero-order chi connectivity index (χ0) is 20.2. The summed E-state index contributed by atoms with van der Waals surface area (Å²) in [4.78, 5) is 38.0. The monoisotopic (exact) mass is 410 g/mol. The molecule has 144 valence electrons. The normalized spacial score (nSPS) is 12.4. The summed E-state index contributed by atoms with van der Waals surface area (Å²) < 4.78 is 0. The molecule has 1 N–H and O–H groups in total. The zero-order valence-corrected chi connectivity index (χ0v) is 16.9. The number of amides is 1.